The van der Waals surface area contributed by atoms with E-state index in [2.05, 4.69) is 11.8 Å². The second kappa shape index (κ2) is 6.86. The summed E-state index contributed by atoms with van der Waals surface area (Å²) in [5.41, 5.74) is 5.43. The van der Waals surface area contributed by atoms with Crippen LogP contribution in [0.4, 0.5) is 0 Å². The minimum Gasteiger partial charge on any atom is -0.345 e. The number of rotatable bonds is 5. The molecule has 1 fully saturated rings. The number of nitrogens with two attached hydrogens (primary N) is 1. The Balaban J connectivity index is 2.31. The van der Waals surface area contributed by atoms with Crippen LogP contribution in [0.2, 0.25) is 0 Å². The SMILES string of the molecule is CC1CCCCN1CC(=O)N(C)CCCN. The number of likely N-dealkylation sites (tertiary alicyclic amines) is 1. The lowest BCUT2D eigenvalue weighted by Crippen LogP contribution is -2.45. The summed E-state index contributed by atoms with van der Waals surface area (Å²) >= 11 is 0. The normalized spacial score (nSPS) is 22.1. The number of likely N-dealkylation sites (N-methyl/N-ethyl adjacent to an activating group) is 1. The molecule has 1 atom stereocenters. The molecule has 0 radical (unpaired) electrons. The van der Waals surface area contributed by atoms with Crippen LogP contribution in [-0.4, -0.2) is 55.0 Å². The van der Waals surface area contributed by atoms with Crippen LogP contribution in [-0.2, 0) is 4.79 Å². The number of amides is 1. The third kappa shape index (κ3) is 4.10. The molecule has 1 saturated heterocycles. The molecule has 1 aliphatic rings. The van der Waals surface area contributed by atoms with E-state index in [1.165, 1.54) is 19.3 Å². The van der Waals surface area contributed by atoms with E-state index in [-0.39, 0.29) is 5.91 Å². The molecule has 0 spiro atoms. The molecule has 94 valence electrons. The van der Waals surface area contributed by atoms with Crippen LogP contribution < -0.4 is 5.73 Å². The Kier molecular flexibility index (Phi) is 5.77. The van der Waals surface area contributed by atoms with Gasteiger partial charge in [-0.15, -0.1) is 0 Å². The predicted molar refractivity (Wildman–Crippen MR) is 66.2 cm³/mol. The van der Waals surface area contributed by atoms with E-state index in [1.54, 1.807) is 4.90 Å². The Morgan fingerprint density at radius 1 is 1.50 bits per heavy atom. The molecule has 0 bridgehead atoms. The van der Waals surface area contributed by atoms with Gasteiger partial charge in [0.15, 0.2) is 0 Å². The van der Waals surface area contributed by atoms with E-state index < -0.39 is 0 Å². The zero-order valence-electron chi connectivity index (χ0n) is 10.6. The number of carbonyl (C=O) groups is 1. The highest BCUT2D eigenvalue weighted by Gasteiger charge is 2.21. The minimum absolute atomic E-state index is 0.224. The largest absolute Gasteiger partial charge is 0.345 e. The average molecular weight is 227 g/mol. The van der Waals surface area contributed by atoms with Crippen LogP contribution in [0.5, 0.6) is 0 Å². The molecule has 0 aliphatic carbocycles. The molecule has 2 N–H and O–H groups in total. The summed E-state index contributed by atoms with van der Waals surface area (Å²) in [6.07, 6.45) is 4.64. The van der Waals surface area contributed by atoms with Crippen molar-refractivity contribution in [2.75, 3.05) is 33.2 Å². The van der Waals surface area contributed by atoms with Gasteiger partial charge in [-0.3, -0.25) is 9.69 Å². The second-order valence-electron chi connectivity index (χ2n) is 4.77. The number of carbonyl (C=O) groups excluding carboxylic acids is 1. The van der Waals surface area contributed by atoms with Crippen molar-refractivity contribution in [3.63, 3.8) is 0 Å². The number of nitrogens with zero attached hydrogens (tertiary/aromatic N) is 2. The zero-order valence-corrected chi connectivity index (χ0v) is 10.6. The first-order valence-electron chi connectivity index (χ1n) is 6.33. The lowest BCUT2D eigenvalue weighted by molar-refractivity contribution is -0.132. The first-order chi connectivity index (χ1) is 7.65. The van der Waals surface area contributed by atoms with Crippen LogP contribution in [0.25, 0.3) is 0 Å². The zero-order chi connectivity index (χ0) is 12.0. The molecule has 4 nitrogen and oxygen atoms in total. The maximum atomic E-state index is 11.9. The van der Waals surface area contributed by atoms with Gasteiger partial charge >= 0.3 is 0 Å². The lowest BCUT2D eigenvalue weighted by Gasteiger charge is -2.33. The van der Waals surface area contributed by atoms with E-state index in [4.69, 9.17) is 5.73 Å². The van der Waals surface area contributed by atoms with Crippen LogP contribution >= 0.6 is 0 Å². The van der Waals surface area contributed by atoms with Gasteiger partial charge in [0.05, 0.1) is 6.54 Å². The molecule has 1 heterocycles. The average Bonchev–Trinajstić information content (AvgIpc) is 2.28. The van der Waals surface area contributed by atoms with Crippen molar-refractivity contribution in [1.82, 2.24) is 9.80 Å². The van der Waals surface area contributed by atoms with E-state index in [0.717, 1.165) is 19.5 Å². The molecular formula is C12H25N3O. The van der Waals surface area contributed by atoms with Gasteiger partial charge in [0.25, 0.3) is 0 Å². The Bertz CT molecular complexity index is 220. The maximum Gasteiger partial charge on any atom is 0.236 e. The van der Waals surface area contributed by atoms with Gasteiger partial charge in [-0.1, -0.05) is 6.42 Å². The highest BCUT2D eigenvalue weighted by atomic mass is 16.2. The fourth-order valence-electron chi connectivity index (χ4n) is 2.14. The van der Waals surface area contributed by atoms with Crippen molar-refractivity contribution in [2.45, 2.75) is 38.6 Å². The summed E-state index contributed by atoms with van der Waals surface area (Å²) in [7, 11) is 1.87. The van der Waals surface area contributed by atoms with Crippen molar-refractivity contribution in [3.05, 3.63) is 0 Å². The van der Waals surface area contributed by atoms with Gasteiger partial charge in [-0.05, 0) is 39.3 Å². The Morgan fingerprint density at radius 3 is 2.88 bits per heavy atom. The van der Waals surface area contributed by atoms with Gasteiger partial charge < -0.3 is 10.6 Å². The molecule has 0 aromatic rings. The lowest BCUT2D eigenvalue weighted by atomic mass is 10.0. The van der Waals surface area contributed by atoms with Crippen LogP contribution in [0, 0.1) is 0 Å². The van der Waals surface area contributed by atoms with Crippen molar-refractivity contribution >= 4 is 5.91 Å². The number of piperidine rings is 1. The summed E-state index contributed by atoms with van der Waals surface area (Å²) in [4.78, 5) is 16.0. The maximum absolute atomic E-state index is 11.9. The van der Waals surface area contributed by atoms with Crippen molar-refractivity contribution in [2.24, 2.45) is 5.73 Å². The molecule has 1 amide bonds. The van der Waals surface area contributed by atoms with Crippen molar-refractivity contribution in [3.8, 4) is 0 Å². The number of hydrogen-bond acceptors (Lipinski definition) is 3. The summed E-state index contributed by atoms with van der Waals surface area (Å²) in [6.45, 7) is 5.28. The van der Waals surface area contributed by atoms with E-state index in [9.17, 15) is 4.79 Å². The molecule has 1 unspecified atom stereocenters. The summed E-state index contributed by atoms with van der Waals surface area (Å²) < 4.78 is 0. The van der Waals surface area contributed by atoms with Crippen LogP contribution in [0.15, 0.2) is 0 Å². The summed E-state index contributed by atoms with van der Waals surface area (Å²) in [5, 5.41) is 0. The number of hydrogen-bond donors (Lipinski definition) is 1. The molecule has 1 rings (SSSR count). The molecule has 0 aromatic heterocycles. The highest BCUT2D eigenvalue weighted by molar-refractivity contribution is 5.78. The Labute approximate surface area is 98.8 Å². The Morgan fingerprint density at radius 2 is 2.25 bits per heavy atom. The fraction of sp³-hybridized carbons (Fsp3) is 0.917. The first kappa shape index (κ1) is 13.5. The van der Waals surface area contributed by atoms with Crippen LogP contribution in [0.1, 0.15) is 32.6 Å². The minimum atomic E-state index is 0.224. The molecule has 1 aliphatic heterocycles. The van der Waals surface area contributed by atoms with Gasteiger partial charge in [-0.2, -0.15) is 0 Å². The van der Waals surface area contributed by atoms with Gasteiger partial charge in [0.1, 0.15) is 0 Å². The molecule has 0 aromatic carbocycles. The van der Waals surface area contributed by atoms with Crippen molar-refractivity contribution in [1.29, 1.82) is 0 Å². The quantitative estimate of drug-likeness (QED) is 0.751. The first-order valence-corrected chi connectivity index (χ1v) is 6.33. The van der Waals surface area contributed by atoms with Crippen molar-refractivity contribution < 1.29 is 4.79 Å². The van der Waals surface area contributed by atoms with E-state index >= 15 is 0 Å². The third-order valence-corrected chi connectivity index (χ3v) is 3.40. The fourth-order valence-corrected chi connectivity index (χ4v) is 2.14. The predicted octanol–water partition coefficient (Wildman–Crippen LogP) is 0.668. The molecule has 0 saturated carbocycles. The summed E-state index contributed by atoms with van der Waals surface area (Å²) in [6, 6.07) is 0.556. The van der Waals surface area contributed by atoms with Crippen LogP contribution in [0.3, 0.4) is 0 Å². The standard InChI is InChI=1S/C12H25N3O/c1-11-6-3-4-9-15(11)10-12(16)14(2)8-5-7-13/h11H,3-10,13H2,1-2H3. The monoisotopic (exact) mass is 227 g/mol. The second-order valence-corrected chi connectivity index (χ2v) is 4.77. The smallest absolute Gasteiger partial charge is 0.236 e. The third-order valence-electron chi connectivity index (χ3n) is 3.40. The van der Waals surface area contributed by atoms with Gasteiger partial charge in [0.2, 0.25) is 5.91 Å². The topological polar surface area (TPSA) is 49.6 Å². The summed E-state index contributed by atoms with van der Waals surface area (Å²) in [5.74, 6) is 0.224. The molecule has 4 heteroatoms. The van der Waals surface area contributed by atoms with E-state index in [1.807, 2.05) is 7.05 Å². The Hall–Kier alpha value is -0.610. The van der Waals surface area contributed by atoms with E-state index in [0.29, 0.717) is 19.1 Å². The highest BCUT2D eigenvalue weighted by Crippen LogP contribution is 2.15. The van der Waals surface area contributed by atoms with Gasteiger partial charge in [-0.25, -0.2) is 0 Å². The molecule has 16 heavy (non-hydrogen) atoms. The van der Waals surface area contributed by atoms with Gasteiger partial charge in [0, 0.05) is 19.6 Å². The molecular weight excluding hydrogens is 202 g/mol.